The van der Waals surface area contributed by atoms with Crippen LogP contribution >= 0.6 is 34.4 Å². The molecule has 2 aliphatic rings. The number of rotatable bonds is 7. The number of ether oxygens (including phenoxy) is 4. The highest BCUT2D eigenvalue weighted by atomic mass is 127. The molecule has 1 fully saturated rings. The fraction of sp³-hybridized carbons (Fsp3) is 0.227. The van der Waals surface area contributed by atoms with Crippen LogP contribution in [-0.2, 0) is 9.59 Å². The van der Waals surface area contributed by atoms with Crippen LogP contribution in [0, 0.1) is 3.57 Å². The van der Waals surface area contributed by atoms with E-state index in [1.807, 2.05) is 13.0 Å². The molecule has 1 saturated heterocycles. The number of hydrogen-bond donors (Lipinski definition) is 1. The molecule has 0 atom stereocenters. The van der Waals surface area contributed by atoms with Gasteiger partial charge in [-0.1, -0.05) is 0 Å². The lowest BCUT2D eigenvalue weighted by molar-refractivity contribution is -0.127. The SMILES string of the molecule is CCOc1cc(/C=C2/SC(=O)N(CC(=O)Nc3ccc4c(c3)OCO4)C2=O)cc(I)c1OC. The standard InChI is InChI=1S/C22H19IN2O7S/c1-3-30-17-7-12(6-14(23)20(17)29-2)8-18-21(27)25(22(28)33-18)10-19(26)24-13-4-5-15-16(9-13)32-11-31-15/h4-9H,3,10-11H2,1-2H3,(H,24,26)/b18-8+. The van der Waals surface area contributed by atoms with Gasteiger partial charge in [-0.15, -0.1) is 0 Å². The number of anilines is 1. The molecule has 0 aromatic heterocycles. The Kier molecular flexibility index (Phi) is 6.98. The highest BCUT2D eigenvalue weighted by molar-refractivity contribution is 14.1. The summed E-state index contributed by atoms with van der Waals surface area (Å²) in [6.45, 7) is 2.03. The number of benzene rings is 2. The van der Waals surface area contributed by atoms with E-state index in [-0.39, 0.29) is 11.7 Å². The number of halogens is 1. The Bertz CT molecular complexity index is 1170. The van der Waals surface area contributed by atoms with E-state index in [0.29, 0.717) is 40.9 Å². The second-order valence-corrected chi connectivity index (χ2v) is 9.01. The van der Waals surface area contributed by atoms with Crippen LogP contribution in [0.2, 0.25) is 0 Å². The van der Waals surface area contributed by atoms with Crippen LogP contribution in [0.15, 0.2) is 35.2 Å². The molecule has 0 unspecified atom stereocenters. The molecule has 2 aliphatic heterocycles. The van der Waals surface area contributed by atoms with Crippen molar-refractivity contribution < 1.29 is 33.3 Å². The van der Waals surface area contributed by atoms with Crippen LogP contribution < -0.4 is 24.3 Å². The topological polar surface area (TPSA) is 103 Å². The third-order valence-electron chi connectivity index (χ3n) is 4.67. The summed E-state index contributed by atoms with van der Waals surface area (Å²) in [4.78, 5) is 38.9. The molecule has 4 rings (SSSR count). The Morgan fingerprint density at radius 2 is 2.03 bits per heavy atom. The number of carbonyl (C=O) groups is 3. The molecular formula is C22H19IN2O7S. The third-order valence-corrected chi connectivity index (χ3v) is 6.37. The van der Waals surface area contributed by atoms with Crippen molar-refractivity contribution in [2.45, 2.75) is 6.92 Å². The minimum Gasteiger partial charge on any atom is -0.492 e. The first kappa shape index (κ1) is 23.2. The average Bonchev–Trinajstić information content (AvgIpc) is 3.33. The molecular weight excluding hydrogens is 563 g/mol. The molecule has 2 aromatic carbocycles. The van der Waals surface area contributed by atoms with Gasteiger partial charge in [-0.2, -0.15) is 0 Å². The zero-order chi connectivity index (χ0) is 23.5. The number of carbonyl (C=O) groups excluding carboxylic acids is 3. The van der Waals surface area contributed by atoms with Gasteiger partial charge in [0, 0.05) is 11.8 Å². The van der Waals surface area contributed by atoms with Gasteiger partial charge < -0.3 is 24.3 Å². The smallest absolute Gasteiger partial charge is 0.294 e. The first-order valence-electron chi connectivity index (χ1n) is 9.84. The largest absolute Gasteiger partial charge is 0.492 e. The molecule has 0 spiro atoms. The summed E-state index contributed by atoms with van der Waals surface area (Å²) in [5, 5.41) is 2.15. The molecule has 3 amide bonds. The summed E-state index contributed by atoms with van der Waals surface area (Å²) in [7, 11) is 1.56. The van der Waals surface area contributed by atoms with Gasteiger partial charge in [0.15, 0.2) is 23.0 Å². The summed E-state index contributed by atoms with van der Waals surface area (Å²) in [5.41, 5.74) is 1.15. The van der Waals surface area contributed by atoms with Crippen LogP contribution in [0.4, 0.5) is 10.5 Å². The maximum atomic E-state index is 12.8. The maximum Gasteiger partial charge on any atom is 0.294 e. The van der Waals surface area contributed by atoms with Gasteiger partial charge in [-0.25, -0.2) is 0 Å². The molecule has 33 heavy (non-hydrogen) atoms. The number of nitrogens with one attached hydrogen (secondary N) is 1. The number of amides is 3. The Hall–Kier alpha value is -2.93. The van der Waals surface area contributed by atoms with Crippen molar-refractivity contribution in [1.82, 2.24) is 4.90 Å². The second-order valence-electron chi connectivity index (χ2n) is 6.85. The van der Waals surface area contributed by atoms with E-state index in [1.54, 1.807) is 37.5 Å². The fourth-order valence-electron chi connectivity index (χ4n) is 3.24. The molecule has 2 heterocycles. The normalized spacial score (nSPS) is 15.8. The number of imide groups is 1. The van der Waals surface area contributed by atoms with Crippen LogP contribution in [0.25, 0.3) is 6.08 Å². The molecule has 0 aliphatic carbocycles. The first-order chi connectivity index (χ1) is 15.9. The zero-order valence-electron chi connectivity index (χ0n) is 17.7. The number of hydrogen-bond acceptors (Lipinski definition) is 8. The summed E-state index contributed by atoms with van der Waals surface area (Å²) in [5.74, 6) is 1.21. The Labute approximate surface area is 207 Å². The number of nitrogens with zero attached hydrogens (tertiary/aromatic N) is 1. The van der Waals surface area contributed by atoms with Gasteiger partial charge in [-0.3, -0.25) is 19.3 Å². The van der Waals surface area contributed by atoms with E-state index in [4.69, 9.17) is 18.9 Å². The van der Waals surface area contributed by atoms with Gasteiger partial charge in [0.2, 0.25) is 12.7 Å². The summed E-state index contributed by atoms with van der Waals surface area (Å²) in [6, 6.07) is 8.51. The number of fused-ring (bicyclic) bond motifs is 1. The minimum atomic E-state index is -0.533. The summed E-state index contributed by atoms with van der Waals surface area (Å²) < 4.78 is 22.3. The Morgan fingerprint density at radius 3 is 2.79 bits per heavy atom. The van der Waals surface area contributed by atoms with E-state index < -0.39 is 23.6 Å². The number of methoxy groups -OCH3 is 1. The van der Waals surface area contributed by atoms with Crippen molar-refractivity contribution in [1.29, 1.82) is 0 Å². The van der Waals surface area contributed by atoms with E-state index in [2.05, 4.69) is 27.9 Å². The monoisotopic (exact) mass is 582 g/mol. The van der Waals surface area contributed by atoms with Crippen LogP contribution in [-0.4, -0.2) is 49.0 Å². The minimum absolute atomic E-state index is 0.120. The van der Waals surface area contributed by atoms with E-state index in [0.717, 1.165) is 20.2 Å². The molecule has 0 bridgehead atoms. The quantitative estimate of drug-likeness (QED) is 0.385. The molecule has 1 N–H and O–H groups in total. The maximum absolute atomic E-state index is 12.8. The zero-order valence-corrected chi connectivity index (χ0v) is 20.7. The summed E-state index contributed by atoms with van der Waals surface area (Å²) >= 11 is 2.90. The van der Waals surface area contributed by atoms with Crippen molar-refractivity contribution in [3.63, 3.8) is 0 Å². The molecule has 11 heteroatoms. The molecule has 2 aromatic rings. The lowest BCUT2D eigenvalue weighted by atomic mass is 10.2. The predicted molar refractivity (Wildman–Crippen MR) is 131 cm³/mol. The van der Waals surface area contributed by atoms with Gasteiger partial charge in [0.25, 0.3) is 11.1 Å². The van der Waals surface area contributed by atoms with Crippen molar-refractivity contribution in [3.05, 3.63) is 44.4 Å². The summed E-state index contributed by atoms with van der Waals surface area (Å²) in [6.07, 6.45) is 1.60. The molecule has 0 radical (unpaired) electrons. The van der Waals surface area contributed by atoms with Crippen LogP contribution in [0.3, 0.4) is 0 Å². The van der Waals surface area contributed by atoms with Gasteiger partial charge >= 0.3 is 0 Å². The van der Waals surface area contributed by atoms with Crippen molar-refractivity contribution in [2.24, 2.45) is 0 Å². The highest BCUT2D eigenvalue weighted by Crippen LogP contribution is 2.37. The lowest BCUT2D eigenvalue weighted by Crippen LogP contribution is -2.36. The third kappa shape index (κ3) is 5.03. The van der Waals surface area contributed by atoms with E-state index in [1.165, 1.54) is 0 Å². The highest BCUT2D eigenvalue weighted by Gasteiger charge is 2.36. The van der Waals surface area contributed by atoms with Gasteiger partial charge in [-0.05, 0) is 77.2 Å². The van der Waals surface area contributed by atoms with Crippen molar-refractivity contribution >= 4 is 63.2 Å². The van der Waals surface area contributed by atoms with E-state index >= 15 is 0 Å². The predicted octanol–water partition coefficient (Wildman–Crippen LogP) is 4.10. The van der Waals surface area contributed by atoms with Crippen LogP contribution in [0.1, 0.15) is 12.5 Å². The Morgan fingerprint density at radius 1 is 1.24 bits per heavy atom. The first-order valence-corrected chi connectivity index (χ1v) is 11.7. The van der Waals surface area contributed by atoms with E-state index in [9.17, 15) is 14.4 Å². The Balaban J connectivity index is 1.47. The molecule has 0 saturated carbocycles. The average molecular weight is 582 g/mol. The van der Waals surface area contributed by atoms with Gasteiger partial charge in [0.05, 0.1) is 22.2 Å². The van der Waals surface area contributed by atoms with Crippen molar-refractivity contribution in [2.75, 3.05) is 32.4 Å². The molecule has 172 valence electrons. The van der Waals surface area contributed by atoms with Gasteiger partial charge in [0.1, 0.15) is 6.54 Å². The van der Waals surface area contributed by atoms with Crippen molar-refractivity contribution in [3.8, 4) is 23.0 Å². The second kappa shape index (κ2) is 9.91. The lowest BCUT2D eigenvalue weighted by Gasteiger charge is -2.13. The molecule has 9 nitrogen and oxygen atoms in total. The van der Waals surface area contributed by atoms with Crippen LogP contribution in [0.5, 0.6) is 23.0 Å². The number of thioether (sulfide) groups is 1. The fourth-order valence-corrected chi connectivity index (χ4v) is 4.92.